The van der Waals surface area contributed by atoms with Crippen molar-refractivity contribution in [2.24, 2.45) is 5.92 Å². The number of nitrogens with zero attached hydrogens (tertiary/aromatic N) is 2. The summed E-state index contributed by atoms with van der Waals surface area (Å²) in [4.78, 5) is 29.7. The third-order valence-corrected chi connectivity index (χ3v) is 10.4. The van der Waals surface area contributed by atoms with Gasteiger partial charge in [-0.25, -0.2) is 8.42 Å². The Morgan fingerprint density at radius 1 is 0.761 bits per heavy atom. The zero-order chi connectivity index (χ0) is 33.4. The first-order valence-electron chi connectivity index (χ1n) is 14.5. The topological polar surface area (TPSA) is 86.8 Å². The smallest absolute Gasteiger partial charge is 0.264 e. The van der Waals surface area contributed by atoms with Gasteiger partial charge < -0.3 is 10.2 Å². The highest BCUT2D eigenvalue weighted by Crippen LogP contribution is 2.36. The third kappa shape index (κ3) is 8.75. The van der Waals surface area contributed by atoms with Crippen LogP contribution in [0.2, 0.25) is 20.1 Å². The van der Waals surface area contributed by atoms with Crippen molar-refractivity contribution in [3.63, 3.8) is 0 Å². The Kier molecular flexibility index (Phi) is 12.4. The van der Waals surface area contributed by atoms with E-state index >= 15 is 0 Å². The number of carbonyl (C=O) groups excluding carboxylic acids is 2. The minimum absolute atomic E-state index is 0.00552. The highest BCUT2D eigenvalue weighted by molar-refractivity contribution is 7.92. The van der Waals surface area contributed by atoms with E-state index in [4.69, 9.17) is 46.4 Å². The van der Waals surface area contributed by atoms with E-state index in [0.717, 1.165) is 9.87 Å². The molecule has 0 saturated heterocycles. The van der Waals surface area contributed by atoms with E-state index in [1.165, 1.54) is 29.2 Å². The summed E-state index contributed by atoms with van der Waals surface area (Å²) in [5.74, 6) is -0.959. The fraction of sp³-hybridized carbons (Fsp3) is 0.235. The number of sulfonamides is 1. The maximum absolute atomic E-state index is 14.6. The van der Waals surface area contributed by atoms with Gasteiger partial charge in [0.1, 0.15) is 12.6 Å². The van der Waals surface area contributed by atoms with Crippen LogP contribution in [-0.2, 0) is 32.6 Å². The summed E-state index contributed by atoms with van der Waals surface area (Å²) in [7, 11) is -4.35. The van der Waals surface area contributed by atoms with Crippen LogP contribution >= 0.6 is 46.4 Å². The summed E-state index contributed by atoms with van der Waals surface area (Å²) in [6.45, 7) is 3.40. The van der Waals surface area contributed by atoms with Gasteiger partial charge in [-0.3, -0.25) is 13.9 Å². The number of benzene rings is 4. The first-order valence-corrected chi connectivity index (χ1v) is 17.4. The number of anilines is 1. The number of hydrogen-bond acceptors (Lipinski definition) is 4. The minimum Gasteiger partial charge on any atom is -0.354 e. The van der Waals surface area contributed by atoms with Gasteiger partial charge in [0.15, 0.2) is 0 Å². The molecule has 0 fully saturated rings. The molecule has 2 amide bonds. The first kappa shape index (κ1) is 35.6. The second kappa shape index (κ2) is 16.0. The minimum atomic E-state index is -4.35. The van der Waals surface area contributed by atoms with E-state index in [1.807, 2.05) is 44.2 Å². The summed E-state index contributed by atoms with van der Waals surface area (Å²) in [5, 5.41) is 3.58. The molecule has 0 saturated carbocycles. The van der Waals surface area contributed by atoms with Crippen LogP contribution < -0.4 is 9.62 Å². The van der Waals surface area contributed by atoms with Crippen molar-refractivity contribution in [1.29, 1.82) is 0 Å². The molecule has 46 heavy (non-hydrogen) atoms. The normalized spacial score (nSPS) is 12.1. The number of amides is 2. The van der Waals surface area contributed by atoms with Crippen molar-refractivity contribution in [1.82, 2.24) is 10.2 Å². The van der Waals surface area contributed by atoms with Gasteiger partial charge in [-0.1, -0.05) is 121 Å². The fourth-order valence-corrected chi connectivity index (χ4v) is 7.16. The molecule has 0 heterocycles. The van der Waals surface area contributed by atoms with Gasteiger partial charge in [0.25, 0.3) is 10.0 Å². The summed E-state index contributed by atoms with van der Waals surface area (Å²) in [6.07, 6.45) is 0.141. The Labute approximate surface area is 290 Å². The molecule has 1 unspecified atom stereocenters. The lowest BCUT2D eigenvalue weighted by Crippen LogP contribution is -2.53. The zero-order valence-electron chi connectivity index (χ0n) is 25.2. The molecule has 0 aliphatic rings. The number of nitrogens with one attached hydrogen (secondary N) is 1. The summed E-state index contributed by atoms with van der Waals surface area (Å²) >= 11 is 26.0. The molecule has 0 radical (unpaired) electrons. The Balaban J connectivity index is 1.86. The van der Waals surface area contributed by atoms with Crippen molar-refractivity contribution >= 4 is 73.9 Å². The van der Waals surface area contributed by atoms with Crippen LogP contribution in [0.5, 0.6) is 0 Å². The van der Waals surface area contributed by atoms with Crippen LogP contribution in [0.4, 0.5) is 5.69 Å². The van der Waals surface area contributed by atoms with Crippen molar-refractivity contribution in [2.45, 2.75) is 37.8 Å². The van der Waals surface area contributed by atoms with Gasteiger partial charge in [-0.05, 0) is 47.9 Å². The molecule has 0 bridgehead atoms. The van der Waals surface area contributed by atoms with Crippen LogP contribution in [0, 0.1) is 5.92 Å². The number of carbonyl (C=O) groups is 2. The fourth-order valence-electron chi connectivity index (χ4n) is 4.75. The second-order valence-electron chi connectivity index (χ2n) is 11.0. The van der Waals surface area contributed by atoms with Crippen LogP contribution in [0.3, 0.4) is 0 Å². The summed E-state index contributed by atoms with van der Waals surface area (Å²) < 4.78 is 29.2. The van der Waals surface area contributed by atoms with Gasteiger partial charge in [-0.2, -0.15) is 0 Å². The average Bonchev–Trinajstić information content (AvgIpc) is 3.03. The van der Waals surface area contributed by atoms with E-state index in [2.05, 4.69) is 5.32 Å². The predicted molar refractivity (Wildman–Crippen MR) is 186 cm³/mol. The third-order valence-electron chi connectivity index (χ3n) is 7.16. The molecule has 0 spiro atoms. The Bertz CT molecular complexity index is 1750. The van der Waals surface area contributed by atoms with Crippen molar-refractivity contribution in [3.05, 3.63) is 128 Å². The predicted octanol–water partition coefficient (Wildman–Crippen LogP) is 7.91. The average molecular weight is 722 g/mol. The molecular formula is C34H33Cl4N3O4S. The quantitative estimate of drug-likeness (QED) is 0.152. The van der Waals surface area contributed by atoms with Gasteiger partial charge >= 0.3 is 0 Å². The summed E-state index contributed by atoms with van der Waals surface area (Å²) in [5.41, 5.74) is 1.21. The molecule has 1 atom stereocenters. The molecule has 0 aromatic heterocycles. The molecule has 0 aliphatic carbocycles. The van der Waals surface area contributed by atoms with Gasteiger partial charge in [0.05, 0.1) is 20.6 Å². The molecule has 7 nitrogen and oxygen atoms in total. The molecule has 242 valence electrons. The van der Waals surface area contributed by atoms with Crippen molar-refractivity contribution < 1.29 is 18.0 Å². The number of halogens is 4. The Morgan fingerprint density at radius 3 is 1.93 bits per heavy atom. The summed E-state index contributed by atoms with van der Waals surface area (Å²) in [6, 6.07) is 25.3. The second-order valence-corrected chi connectivity index (χ2v) is 14.4. The van der Waals surface area contributed by atoms with Crippen molar-refractivity contribution in [3.8, 4) is 0 Å². The van der Waals surface area contributed by atoms with E-state index < -0.39 is 34.4 Å². The van der Waals surface area contributed by atoms with E-state index in [-0.39, 0.29) is 49.6 Å². The highest BCUT2D eigenvalue weighted by atomic mass is 35.5. The Hall–Kier alpha value is -3.27. The van der Waals surface area contributed by atoms with E-state index in [0.29, 0.717) is 12.1 Å². The lowest BCUT2D eigenvalue weighted by Gasteiger charge is -2.34. The van der Waals surface area contributed by atoms with E-state index in [9.17, 15) is 18.0 Å². The van der Waals surface area contributed by atoms with E-state index in [1.54, 1.807) is 42.5 Å². The number of hydrogen-bond donors (Lipinski definition) is 1. The van der Waals surface area contributed by atoms with Crippen LogP contribution in [0.25, 0.3) is 0 Å². The molecule has 1 N–H and O–H groups in total. The Morgan fingerprint density at radius 2 is 1.33 bits per heavy atom. The molecule has 12 heteroatoms. The van der Waals surface area contributed by atoms with Gasteiger partial charge in [0, 0.05) is 35.1 Å². The highest BCUT2D eigenvalue weighted by Gasteiger charge is 2.36. The van der Waals surface area contributed by atoms with Crippen LogP contribution in [0.15, 0.2) is 102 Å². The maximum atomic E-state index is 14.6. The van der Waals surface area contributed by atoms with Crippen LogP contribution in [-0.4, -0.2) is 44.3 Å². The molecule has 0 aliphatic heterocycles. The molecule has 4 aromatic carbocycles. The van der Waals surface area contributed by atoms with Gasteiger partial charge in [0.2, 0.25) is 11.8 Å². The van der Waals surface area contributed by atoms with Gasteiger partial charge in [-0.15, -0.1) is 0 Å². The molecule has 4 rings (SSSR count). The lowest BCUT2D eigenvalue weighted by molar-refractivity contribution is -0.140. The molecular weight excluding hydrogens is 688 g/mol. The van der Waals surface area contributed by atoms with Crippen molar-refractivity contribution in [2.75, 3.05) is 17.4 Å². The SMILES string of the molecule is CC(C)CNC(=O)C(Cc1ccccc1)N(Cc1c(Cl)cccc1Cl)C(=O)CN(c1cccc(Cl)c1Cl)S(=O)(=O)c1ccccc1. The monoisotopic (exact) mass is 719 g/mol. The lowest BCUT2D eigenvalue weighted by atomic mass is 10.0. The largest absolute Gasteiger partial charge is 0.354 e. The standard InChI is InChI=1S/C34H33Cl4N3O4S/c1-23(2)20-39-34(43)31(19-24-11-5-3-6-12-24)40(21-26-27(35)15-9-16-28(26)36)32(42)22-41(30-18-10-17-29(37)33(30)38)46(44,45)25-13-7-4-8-14-25/h3-18,23,31H,19-22H2,1-2H3,(H,39,43). The zero-order valence-corrected chi connectivity index (χ0v) is 29.0. The number of rotatable bonds is 13. The van der Waals surface area contributed by atoms with Crippen LogP contribution in [0.1, 0.15) is 25.0 Å². The molecule has 4 aromatic rings. The first-order chi connectivity index (χ1) is 21.9. The maximum Gasteiger partial charge on any atom is 0.264 e.